The summed E-state index contributed by atoms with van der Waals surface area (Å²) < 4.78 is 12.3. The standard InChI is InChI=1S/C19H29BN2O3/c1-13-7-8-14(17(23)22(6)15-9-10-21-12-15)11-16(13)20-24-18(2,3)19(4,5)25-20/h7-8,11,15,21H,9-10,12H2,1-6H3. The lowest BCUT2D eigenvalue weighted by Crippen LogP contribution is -2.41. The summed E-state index contributed by atoms with van der Waals surface area (Å²) in [4.78, 5) is 14.7. The maximum absolute atomic E-state index is 12.9. The SMILES string of the molecule is Cc1ccc(C(=O)N(C)C2CCNC2)cc1B1OC(C)(C)C(C)(C)O1. The predicted molar refractivity (Wildman–Crippen MR) is 100 cm³/mol. The van der Waals surface area contributed by atoms with Crippen molar-refractivity contribution in [3.63, 3.8) is 0 Å². The van der Waals surface area contributed by atoms with Crippen LogP contribution in [0.25, 0.3) is 0 Å². The number of aryl methyl sites for hydroxylation is 1. The van der Waals surface area contributed by atoms with E-state index in [-0.39, 0.29) is 11.9 Å². The van der Waals surface area contributed by atoms with E-state index in [1.54, 1.807) is 0 Å². The van der Waals surface area contributed by atoms with E-state index in [1.165, 1.54) is 0 Å². The largest absolute Gasteiger partial charge is 0.495 e. The molecule has 0 saturated carbocycles. The number of benzene rings is 1. The molecule has 0 spiro atoms. The number of carbonyl (C=O) groups excluding carboxylic acids is 1. The van der Waals surface area contributed by atoms with E-state index in [1.807, 2.05) is 64.8 Å². The Kier molecular flexibility index (Phi) is 4.73. The fourth-order valence-corrected chi connectivity index (χ4v) is 3.34. The van der Waals surface area contributed by atoms with Crippen molar-refractivity contribution in [3.8, 4) is 0 Å². The van der Waals surface area contributed by atoms with Crippen molar-refractivity contribution >= 4 is 18.5 Å². The maximum atomic E-state index is 12.9. The molecule has 1 aromatic carbocycles. The molecular formula is C19H29BN2O3. The fourth-order valence-electron chi connectivity index (χ4n) is 3.34. The molecule has 3 rings (SSSR count). The van der Waals surface area contributed by atoms with Crippen LogP contribution in [-0.2, 0) is 9.31 Å². The van der Waals surface area contributed by atoms with Crippen molar-refractivity contribution in [1.29, 1.82) is 0 Å². The van der Waals surface area contributed by atoms with Gasteiger partial charge < -0.3 is 19.5 Å². The van der Waals surface area contributed by atoms with Gasteiger partial charge in [0, 0.05) is 25.2 Å². The third-order valence-corrected chi connectivity index (χ3v) is 5.94. The molecule has 6 heteroatoms. The molecule has 2 heterocycles. The molecule has 2 aliphatic rings. The molecule has 1 atom stereocenters. The molecule has 0 bridgehead atoms. The molecule has 0 radical (unpaired) electrons. The van der Waals surface area contributed by atoms with Gasteiger partial charge in [0.25, 0.3) is 5.91 Å². The van der Waals surface area contributed by atoms with Crippen molar-refractivity contribution in [1.82, 2.24) is 10.2 Å². The van der Waals surface area contributed by atoms with Gasteiger partial charge in [0.1, 0.15) is 0 Å². The summed E-state index contributed by atoms with van der Waals surface area (Å²) in [6, 6.07) is 6.06. The zero-order chi connectivity index (χ0) is 18.4. The number of nitrogens with zero attached hydrogens (tertiary/aromatic N) is 1. The van der Waals surface area contributed by atoms with Gasteiger partial charge in [-0.3, -0.25) is 4.79 Å². The second kappa shape index (κ2) is 6.42. The molecule has 0 aromatic heterocycles. The van der Waals surface area contributed by atoms with Crippen LogP contribution in [0.2, 0.25) is 0 Å². The van der Waals surface area contributed by atoms with Crippen LogP contribution in [0.5, 0.6) is 0 Å². The van der Waals surface area contributed by atoms with Crippen LogP contribution in [0, 0.1) is 6.92 Å². The van der Waals surface area contributed by atoms with Gasteiger partial charge in [0.05, 0.1) is 11.2 Å². The third-order valence-electron chi connectivity index (χ3n) is 5.94. The summed E-state index contributed by atoms with van der Waals surface area (Å²) in [5.41, 5.74) is 1.90. The zero-order valence-electron chi connectivity index (χ0n) is 16.2. The van der Waals surface area contributed by atoms with Gasteiger partial charge in [-0.15, -0.1) is 0 Å². The van der Waals surface area contributed by atoms with E-state index in [4.69, 9.17) is 9.31 Å². The number of rotatable bonds is 3. The molecule has 25 heavy (non-hydrogen) atoms. The van der Waals surface area contributed by atoms with Crippen molar-refractivity contribution < 1.29 is 14.1 Å². The van der Waals surface area contributed by atoms with E-state index in [0.29, 0.717) is 5.56 Å². The lowest BCUT2D eigenvalue weighted by Gasteiger charge is -2.32. The summed E-state index contributed by atoms with van der Waals surface area (Å²) in [7, 11) is 1.44. The van der Waals surface area contributed by atoms with Crippen LogP contribution in [0.4, 0.5) is 0 Å². The highest BCUT2D eigenvalue weighted by atomic mass is 16.7. The van der Waals surface area contributed by atoms with Crippen LogP contribution in [0.15, 0.2) is 18.2 Å². The number of nitrogens with one attached hydrogen (secondary N) is 1. The molecule has 5 nitrogen and oxygen atoms in total. The number of amides is 1. The van der Waals surface area contributed by atoms with Crippen LogP contribution in [-0.4, -0.2) is 55.3 Å². The van der Waals surface area contributed by atoms with Crippen LogP contribution in [0.1, 0.15) is 50.0 Å². The van der Waals surface area contributed by atoms with Gasteiger partial charge in [-0.05, 0) is 65.2 Å². The lowest BCUT2D eigenvalue weighted by atomic mass is 9.75. The maximum Gasteiger partial charge on any atom is 0.495 e. The molecular weight excluding hydrogens is 315 g/mol. The fraction of sp³-hybridized carbons (Fsp3) is 0.632. The Morgan fingerprint density at radius 2 is 1.88 bits per heavy atom. The molecule has 1 aromatic rings. The van der Waals surface area contributed by atoms with Crippen molar-refractivity contribution in [2.75, 3.05) is 20.1 Å². The Balaban J connectivity index is 1.85. The third kappa shape index (κ3) is 3.35. The van der Waals surface area contributed by atoms with E-state index < -0.39 is 18.3 Å². The summed E-state index contributed by atoms with van der Waals surface area (Å²) in [5.74, 6) is 0.0477. The normalized spacial score (nSPS) is 24.6. The quantitative estimate of drug-likeness (QED) is 0.849. The first-order chi connectivity index (χ1) is 11.6. The van der Waals surface area contributed by atoms with Gasteiger partial charge in [0.15, 0.2) is 0 Å². The van der Waals surface area contributed by atoms with E-state index >= 15 is 0 Å². The summed E-state index contributed by atoms with van der Waals surface area (Å²) >= 11 is 0. The molecule has 0 aliphatic carbocycles. The summed E-state index contributed by atoms with van der Waals surface area (Å²) in [6.07, 6.45) is 0.998. The molecule has 1 amide bonds. The number of likely N-dealkylation sites (N-methyl/N-ethyl adjacent to an activating group) is 1. The average molecular weight is 344 g/mol. The van der Waals surface area contributed by atoms with Crippen molar-refractivity contribution in [2.24, 2.45) is 0 Å². The first kappa shape index (κ1) is 18.4. The minimum absolute atomic E-state index is 0.0477. The highest BCUT2D eigenvalue weighted by Gasteiger charge is 2.52. The second-order valence-electron chi connectivity index (χ2n) is 8.22. The van der Waals surface area contributed by atoms with E-state index in [0.717, 1.165) is 30.5 Å². The smallest absolute Gasteiger partial charge is 0.399 e. The molecule has 2 saturated heterocycles. The molecule has 2 aliphatic heterocycles. The Morgan fingerprint density at radius 3 is 2.44 bits per heavy atom. The number of hydrogen-bond acceptors (Lipinski definition) is 4. The Bertz CT molecular complexity index is 653. The highest BCUT2D eigenvalue weighted by Crippen LogP contribution is 2.36. The van der Waals surface area contributed by atoms with E-state index in [9.17, 15) is 4.79 Å². The van der Waals surface area contributed by atoms with Gasteiger partial charge in [-0.2, -0.15) is 0 Å². The van der Waals surface area contributed by atoms with Gasteiger partial charge in [-0.1, -0.05) is 11.6 Å². The van der Waals surface area contributed by atoms with Crippen molar-refractivity contribution in [3.05, 3.63) is 29.3 Å². The first-order valence-electron chi connectivity index (χ1n) is 9.06. The van der Waals surface area contributed by atoms with E-state index in [2.05, 4.69) is 5.32 Å². The van der Waals surface area contributed by atoms with Gasteiger partial charge in [0.2, 0.25) is 0 Å². The zero-order valence-corrected chi connectivity index (χ0v) is 16.2. The monoisotopic (exact) mass is 344 g/mol. The average Bonchev–Trinajstić information content (AvgIpc) is 3.13. The van der Waals surface area contributed by atoms with Crippen molar-refractivity contribution in [2.45, 2.75) is 58.3 Å². The van der Waals surface area contributed by atoms with Gasteiger partial charge >= 0.3 is 7.12 Å². The lowest BCUT2D eigenvalue weighted by molar-refractivity contribution is 0.00578. The molecule has 1 N–H and O–H groups in total. The molecule has 1 unspecified atom stereocenters. The Hall–Kier alpha value is -1.37. The Labute approximate surface area is 151 Å². The minimum atomic E-state index is -0.448. The van der Waals surface area contributed by atoms with Crippen LogP contribution < -0.4 is 10.8 Å². The second-order valence-corrected chi connectivity index (χ2v) is 8.22. The topological polar surface area (TPSA) is 50.8 Å². The number of carbonyl (C=O) groups is 1. The number of hydrogen-bond donors (Lipinski definition) is 1. The summed E-state index contributed by atoms with van der Waals surface area (Å²) in [5, 5.41) is 3.31. The Morgan fingerprint density at radius 1 is 1.24 bits per heavy atom. The minimum Gasteiger partial charge on any atom is -0.399 e. The van der Waals surface area contributed by atoms with Crippen LogP contribution in [0.3, 0.4) is 0 Å². The predicted octanol–water partition coefficient (Wildman–Crippen LogP) is 1.73. The highest BCUT2D eigenvalue weighted by molar-refractivity contribution is 6.62. The molecule has 2 fully saturated rings. The van der Waals surface area contributed by atoms with Gasteiger partial charge in [-0.25, -0.2) is 0 Å². The summed E-state index contributed by atoms with van der Waals surface area (Å²) in [6.45, 7) is 12.0. The van der Waals surface area contributed by atoms with Crippen LogP contribution >= 0.6 is 0 Å². The first-order valence-corrected chi connectivity index (χ1v) is 9.06. The molecule has 136 valence electrons.